The molecule has 0 spiro atoms. The van der Waals surface area contributed by atoms with Crippen LogP contribution < -0.4 is 0 Å². The van der Waals surface area contributed by atoms with Crippen molar-refractivity contribution in [3.8, 4) is 11.8 Å². The van der Waals surface area contributed by atoms with Gasteiger partial charge >= 0.3 is 0 Å². The molecular formula is C17H14BrNO. The minimum atomic E-state index is -0.190. The molecule has 0 atom stereocenters. The maximum Gasteiger partial charge on any atom is 0.298 e. The molecule has 0 aromatic heterocycles. The molecule has 100 valence electrons. The van der Waals surface area contributed by atoms with Gasteiger partial charge in [0, 0.05) is 29.5 Å². The molecule has 0 aliphatic carbocycles. The molecule has 2 aromatic rings. The number of carbonyl (C=O) groups is 1. The molecule has 2 aromatic carbocycles. The van der Waals surface area contributed by atoms with Crippen molar-refractivity contribution < 1.29 is 4.79 Å². The van der Waals surface area contributed by atoms with Gasteiger partial charge in [-0.3, -0.25) is 4.79 Å². The van der Waals surface area contributed by atoms with Gasteiger partial charge in [-0.1, -0.05) is 58.2 Å². The normalized spacial score (nSPS) is 9.50. The molecule has 3 heteroatoms. The standard InChI is InChI=1S/C17H14BrNO/c1-19(13-15-9-5-6-10-16(15)18)17(20)12-11-14-7-3-2-4-8-14/h2-10H,13H2,1H3. The Kier molecular flexibility index (Phi) is 4.97. The van der Waals surface area contributed by atoms with Crippen molar-refractivity contribution in [1.82, 2.24) is 4.90 Å². The first-order chi connectivity index (χ1) is 9.66. The largest absolute Gasteiger partial charge is 0.331 e. The summed E-state index contributed by atoms with van der Waals surface area (Å²) in [7, 11) is 1.75. The van der Waals surface area contributed by atoms with Crippen LogP contribution in [0.5, 0.6) is 0 Å². The average Bonchev–Trinajstić information content (AvgIpc) is 2.48. The Balaban J connectivity index is 2.03. The fourth-order valence-electron chi connectivity index (χ4n) is 1.70. The fraction of sp³-hybridized carbons (Fsp3) is 0.118. The highest BCUT2D eigenvalue weighted by Crippen LogP contribution is 2.17. The van der Waals surface area contributed by atoms with E-state index in [1.165, 1.54) is 0 Å². The van der Waals surface area contributed by atoms with Crippen molar-refractivity contribution in [2.24, 2.45) is 0 Å². The third-order valence-corrected chi connectivity index (χ3v) is 3.57. The molecule has 0 heterocycles. The monoisotopic (exact) mass is 327 g/mol. The van der Waals surface area contributed by atoms with Gasteiger partial charge in [0.15, 0.2) is 0 Å². The van der Waals surface area contributed by atoms with Gasteiger partial charge in [0.25, 0.3) is 5.91 Å². The Morgan fingerprint density at radius 3 is 2.45 bits per heavy atom. The molecule has 0 radical (unpaired) electrons. The summed E-state index contributed by atoms with van der Waals surface area (Å²) in [5, 5.41) is 0. The Hall–Kier alpha value is -2.05. The lowest BCUT2D eigenvalue weighted by Crippen LogP contribution is -2.24. The van der Waals surface area contributed by atoms with Crippen LogP contribution in [0.3, 0.4) is 0 Å². The molecule has 1 amide bonds. The van der Waals surface area contributed by atoms with Gasteiger partial charge in [0.05, 0.1) is 0 Å². The Bertz CT molecular complexity index is 655. The highest BCUT2D eigenvalue weighted by Gasteiger charge is 2.07. The maximum atomic E-state index is 12.0. The van der Waals surface area contributed by atoms with E-state index in [0.29, 0.717) is 6.54 Å². The first-order valence-electron chi connectivity index (χ1n) is 6.22. The number of benzene rings is 2. The number of hydrogen-bond donors (Lipinski definition) is 0. The molecule has 2 rings (SSSR count). The van der Waals surface area contributed by atoms with Gasteiger partial charge in [0.1, 0.15) is 0 Å². The number of rotatable bonds is 2. The lowest BCUT2D eigenvalue weighted by molar-refractivity contribution is -0.124. The van der Waals surface area contributed by atoms with Crippen molar-refractivity contribution in [2.45, 2.75) is 6.54 Å². The second kappa shape index (κ2) is 6.93. The summed E-state index contributed by atoms with van der Waals surface area (Å²) in [4.78, 5) is 13.6. The van der Waals surface area contributed by atoms with Crippen LogP contribution in [0.4, 0.5) is 0 Å². The Morgan fingerprint density at radius 1 is 1.10 bits per heavy atom. The van der Waals surface area contributed by atoms with Crippen molar-refractivity contribution in [3.63, 3.8) is 0 Å². The first-order valence-corrected chi connectivity index (χ1v) is 7.01. The van der Waals surface area contributed by atoms with Gasteiger partial charge in [-0.15, -0.1) is 0 Å². The van der Waals surface area contributed by atoms with Gasteiger partial charge < -0.3 is 4.90 Å². The fourth-order valence-corrected chi connectivity index (χ4v) is 2.11. The molecule has 0 N–H and O–H groups in total. The zero-order valence-corrected chi connectivity index (χ0v) is 12.7. The van der Waals surface area contributed by atoms with Crippen molar-refractivity contribution in [2.75, 3.05) is 7.05 Å². The second-order valence-electron chi connectivity index (χ2n) is 4.37. The third-order valence-electron chi connectivity index (χ3n) is 2.80. The first kappa shape index (κ1) is 14.4. The highest BCUT2D eigenvalue weighted by atomic mass is 79.9. The van der Waals surface area contributed by atoms with Crippen LogP contribution in [0.1, 0.15) is 11.1 Å². The molecule has 0 aliphatic rings. The van der Waals surface area contributed by atoms with E-state index < -0.39 is 0 Å². The van der Waals surface area contributed by atoms with E-state index in [0.717, 1.165) is 15.6 Å². The SMILES string of the molecule is CN(Cc1ccccc1Br)C(=O)C#Cc1ccccc1. The van der Waals surface area contributed by atoms with Crippen LogP contribution in [0.2, 0.25) is 0 Å². The van der Waals surface area contributed by atoms with Gasteiger partial charge in [-0.25, -0.2) is 0 Å². The minimum Gasteiger partial charge on any atom is -0.331 e. The summed E-state index contributed by atoms with van der Waals surface area (Å²) in [6, 6.07) is 17.3. The summed E-state index contributed by atoms with van der Waals surface area (Å²) >= 11 is 3.48. The maximum absolute atomic E-state index is 12.0. The Labute approximate surface area is 127 Å². The zero-order chi connectivity index (χ0) is 14.4. The molecule has 2 nitrogen and oxygen atoms in total. The molecule has 0 aliphatic heterocycles. The van der Waals surface area contributed by atoms with E-state index in [9.17, 15) is 4.79 Å². The van der Waals surface area contributed by atoms with Crippen LogP contribution >= 0.6 is 15.9 Å². The third kappa shape index (κ3) is 3.97. The topological polar surface area (TPSA) is 20.3 Å². The van der Waals surface area contributed by atoms with Gasteiger partial charge in [-0.05, 0) is 23.8 Å². The second-order valence-corrected chi connectivity index (χ2v) is 5.22. The van der Waals surface area contributed by atoms with Crippen molar-refractivity contribution in [1.29, 1.82) is 0 Å². The lowest BCUT2D eigenvalue weighted by atomic mass is 10.2. The van der Waals surface area contributed by atoms with E-state index in [4.69, 9.17) is 0 Å². The van der Waals surface area contributed by atoms with Crippen LogP contribution in [0.25, 0.3) is 0 Å². The molecular weight excluding hydrogens is 314 g/mol. The summed E-state index contributed by atoms with van der Waals surface area (Å²) < 4.78 is 0.996. The highest BCUT2D eigenvalue weighted by molar-refractivity contribution is 9.10. The minimum absolute atomic E-state index is 0.190. The molecule has 0 saturated heterocycles. The zero-order valence-electron chi connectivity index (χ0n) is 11.1. The molecule has 0 bridgehead atoms. The van der Waals surface area contributed by atoms with Crippen LogP contribution in [-0.4, -0.2) is 17.9 Å². The summed E-state index contributed by atoms with van der Waals surface area (Å²) in [5.41, 5.74) is 1.90. The van der Waals surface area contributed by atoms with Gasteiger partial charge in [-0.2, -0.15) is 0 Å². The quantitative estimate of drug-likeness (QED) is 0.773. The van der Waals surface area contributed by atoms with E-state index >= 15 is 0 Å². The van der Waals surface area contributed by atoms with Crippen LogP contribution in [0.15, 0.2) is 59.1 Å². The predicted octanol–water partition coefficient (Wildman–Crippen LogP) is 3.46. The van der Waals surface area contributed by atoms with Gasteiger partial charge in [0.2, 0.25) is 0 Å². The molecule has 0 unspecified atom stereocenters. The summed E-state index contributed by atoms with van der Waals surface area (Å²) in [6.07, 6.45) is 0. The predicted molar refractivity (Wildman–Crippen MR) is 83.9 cm³/mol. The number of carbonyl (C=O) groups excluding carboxylic acids is 1. The molecule has 0 fully saturated rings. The summed E-state index contributed by atoms with van der Waals surface area (Å²) in [6.45, 7) is 0.531. The number of halogens is 1. The van der Waals surface area contributed by atoms with E-state index in [1.807, 2.05) is 54.6 Å². The van der Waals surface area contributed by atoms with Crippen LogP contribution in [0, 0.1) is 11.8 Å². The lowest BCUT2D eigenvalue weighted by Gasteiger charge is -2.14. The average molecular weight is 328 g/mol. The van der Waals surface area contributed by atoms with Crippen molar-refractivity contribution in [3.05, 3.63) is 70.2 Å². The number of hydrogen-bond acceptors (Lipinski definition) is 1. The van der Waals surface area contributed by atoms with Crippen LogP contribution in [-0.2, 0) is 11.3 Å². The molecule has 0 saturated carbocycles. The van der Waals surface area contributed by atoms with Crippen molar-refractivity contribution >= 4 is 21.8 Å². The number of nitrogens with zero attached hydrogens (tertiary/aromatic N) is 1. The number of amides is 1. The Morgan fingerprint density at radius 2 is 1.75 bits per heavy atom. The van der Waals surface area contributed by atoms with E-state index in [1.54, 1.807) is 11.9 Å². The van der Waals surface area contributed by atoms with E-state index in [2.05, 4.69) is 27.8 Å². The smallest absolute Gasteiger partial charge is 0.298 e. The summed E-state index contributed by atoms with van der Waals surface area (Å²) in [5.74, 6) is 5.34. The molecule has 20 heavy (non-hydrogen) atoms. The van der Waals surface area contributed by atoms with E-state index in [-0.39, 0.29) is 5.91 Å².